The molecule has 6 nitrogen and oxygen atoms in total. The average molecular weight is 320 g/mol. The largest absolute Gasteiger partial charge is 0.288 e. The van der Waals surface area contributed by atoms with Crippen LogP contribution < -0.4 is 0 Å². The van der Waals surface area contributed by atoms with Crippen molar-refractivity contribution in [2.45, 2.75) is 25.7 Å². The summed E-state index contributed by atoms with van der Waals surface area (Å²) in [5.41, 5.74) is 0.943. The minimum absolute atomic E-state index is 0.146. The fourth-order valence-electron chi connectivity index (χ4n) is 2.91. The molecule has 2 aromatic rings. The maximum atomic E-state index is 11.8. The van der Waals surface area contributed by atoms with E-state index in [2.05, 4.69) is 4.98 Å². The first-order chi connectivity index (χ1) is 10.4. The van der Waals surface area contributed by atoms with Gasteiger partial charge in [0.2, 0.25) is 10.0 Å². The first-order valence-corrected chi connectivity index (χ1v) is 9.22. The van der Waals surface area contributed by atoms with Crippen LogP contribution in [0.2, 0.25) is 0 Å². The van der Waals surface area contributed by atoms with Gasteiger partial charge in [0.05, 0.1) is 6.26 Å². The predicted octanol–water partition coefficient (Wildman–Crippen LogP) is 1.71. The highest BCUT2D eigenvalue weighted by molar-refractivity contribution is 7.88. The van der Waals surface area contributed by atoms with Crippen molar-refractivity contribution in [3.05, 3.63) is 42.1 Å². The zero-order valence-electron chi connectivity index (χ0n) is 12.8. The molecule has 1 aliphatic rings. The first-order valence-electron chi connectivity index (χ1n) is 7.37. The fraction of sp³-hybridized carbons (Fsp3) is 0.467. The highest BCUT2D eigenvalue weighted by atomic mass is 32.2. The minimum Gasteiger partial charge on any atom is -0.288 e. The Morgan fingerprint density at radius 3 is 2.82 bits per heavy atom. The van der Waals surface area contributed by atoms with Gasteiger partial charge in [-0.15, -0.1) is 0 Å². The van der Waals surface area contributed by atoms with Gasteiger partial charge >= 0.3 is 0 Å². The molecule has 0 aliphatic carbocycles. The Labute approximate surface area is 130 Å². The van der Waals surface area contributed by atoms with E-state index in [-0.39, 0.29) is 5.92 Å². The molecule has 3 heterocycles. The Hall–Kier alpha value is -1.73. The highest BCUT2D eigenvalue weighted by Crippen LogP contribution is 2.27. The molecule has 0 bridgehead atoms. The van der Waals surface area contributed by atoms with Gasteiger partial charge in [0.15, 0.2) is 0 Å². The average Bonchev–Trinajstić information content (AvgIpc) is 2.93. The van der Waals surface area contributed by atoms with Crippen molar-refractivity contribution >= 4 is 10.0 Å². The molecule has 0 spiro atoms. The van der Waals surface area contributed by atoms with Crippen LogP contribution in [0.15, 0.2) is 30.6 Å². The van der Waals surface area contributed by atoms with E-state index < -0.39 is 10.0 Å². The summed E-state index contributed by atoms with van der Waals surface area (Å²) in [6.45, 7) is 3.05. The summed E-state index contributed by atoms with van der Waals surface area (Å²) in [7, 11) is -3.14. The number of rotatable bonds is 3. The number of aromatic nitrogens is 3. The van der Waals surface area contributed by atoms with E-state index in [0.717, 1.165) is 30.2 Å². The lowest BCUT2D eigenvalue weighted by atomic mass is 9.95. The summed E-state index contributed by atoms with van der Waals surface area (Å²) in [5.74, 6) is 1.85. The number of sulfonamides is 1. The summed E-state index contributed by atoms with van der Waals surface area (Å²) in [6, 6.07) is 5.89. The summed E-state index contributed by atoms with van der Waals surface area (Å²) >= 11 is 0. The number of nitrogens with zero attached hydrogens (tertiary/aromatic N) is 4. The number of imidazole rings is 1. The van der Waals surface area contributed by atoms with Gasteiger partial charge in [-0.1, -0.05) is 6.07 Å². The maximum absolute atomic E-state index is 11.8. The monoisotopic (exact) mass is 320 g/mol. The molecule has 0 N–H and O–H groups in total. The lowest BCUT2D eigenvalue weighted by Gasteiger charge is -2.30. The lowest BCUT2D eigenvalue weighted by Crippen LogP contribution is -2.38. The lowest BCUT2D eigenvalue weighted by molar-refractivity contribution is 0.314. The van der Waals surface area contributed by atoms with Crippen molar-refractivity contribution in [3.63, 3.8) is 0 Å². The second kappa shape index (κ2) is 5.81. The van der Waals surface area contributed by atoms with Crippen molar-refractivity contribution in [1.29, 1.82) is 0 Å². The van der Waals surface area contributed by atoms with Crippen LogP contribution in [0.5, 0.6) is 0 Å². The highest BCUT2D eigenvalue weighted by Gasteiger charge is 2.27. The Balaban J connectivity index is 1.88. The molecule has 2 aromatic heterocycles. The van der Waals surface area contributed by atoms with Crippen LogP contribution in [0.1, 0.15) is 30.3 Å². The molecule has 118 valence electrons. The van der Waals surface area contributed by atoms with Gasteiger partial charge < -0.3 is 0 Å². The number of hydrogen-bond acceptors (Lipinski definition) is 4. The molecule has 0 aromatic carbocycles. The van der Waals surface area contributed by atoms with Crippen LogP contribution in [0, 0.1) is 6.92 Å². The molecule has 3 rings (SSSR count). The smallest absolute Gasteiger partial charge is 0.211 e. The zero-order chi connectivity index (χ0) is 15.7. The zero-order valence-corrected chi connectivity index (χ0v) is 13.6. The van der Waals surface area contributed by atoms with Crippen molar-refractivity contribution in [3.8, 4) is 5.82 Å². The van der Waals surface area contributed by atoms with E-state index in [1.165, 1.54) is 6.26 Å². The van der Waals surface area contributed by atoms with Crippen LogP contribution in [0.25, 0.3) is 5.82 Å². The van der Waals surface area contributed by atoms with Gasteiger partial charge in [-0.05, 0) is 31.9 Å². The minimum atomic E-state index is -3.14. The standard InChI is InChI=1S/C15H20N4O2S/c1-12-16-8-10-19(12)15-7-3-6-14(17-15)13-5-4-9-18(11-13)22(2,20)21/h3,6-8,10,13H,4-5,9,11H2,1-2H3/t13-/m1/s1. The number of pyridine rings is 1. The molecule has 1 saturated heterocycles. The van der Waals surface area contributed by atoms with E-state index >= 15 is 0 Å². The van der Waals surface area contributed by atoms with E-state index in [9.17, 15) is 8.42 Å². The van der Waals surface area contributed by atoms with Crippen LogP contribution in [-0.2, 0) is 10.0 Å². The van der Waals surface area contributed by atoms with Crippen molar-refractivity contribution in [1.82, 2.24) is 18.8 Å². The van der Waals surface area contributed by atoms with Crippen molar-refractivity contribution < 1.29 is 8.42 Å². The third-order valence-corrected chi connectivity index (χ3v) is 5.37. The summed E-state index contributed by atoms with van der Waals surface area (Å²) in [5, 5.41) is 0. The summed E-state index contributed by atoms with van der Waals surface area (Å²) in [6.07, 6.45) is 6.73. The molecule has 1 aliphatic heterocycles. The molecule has 0 saturated carbocycles. The van der Waals surface area contributed by atoms with Crippen LogP contribution >= 0.6 is 0 Å². The quantitative estimate of drug-likeness (QED) is 0.863. The van der Waals surface area contributed by atoms with Gasteiger partial charge in [-0.3, -0.25) is 4.57 Å². The van der Waals surface area contributed by atoms with Crippen molar-refractivity contribution in [2.24, 2.45) is 0 Å². The predicted molar refractivity (Wildman–Crippen MR) is 84.5 cm³/mol. The van der Waals surface area contributed by atoms with E-state index in [1.807, 2.05) is 35.9 Å². The Kier molecular flexibility index (Phi) is 4.01. The maximum Gasteiger partial charge on any atom is 0.211 e. The third-order valence-electron chi connectivity index (χ3n) is 4.10. The molecule has 7 heteroatoms. The van der Waals surface area contributed by atoms with Crippen LogP contribution in [0.3, 0.4) is 0 Å². The van der Waals surface area contributed by atoms with Gasteiger partial charge in [0, 0.05) is 37.1 Å². The Bertz CT molecular complexity index is 769. The van der Waals surface area contributed by atoms with E-state index in [4.69, 9.17) is 4.98 Å². The summed E-state index contributed by atoms with van der Waals surface area (Å²) < 4.78 is 27.0. The topological polar surface area (TPSA) is 68.1 Å². The van der Waals surface area contributed by atoms with Gasteiger partial charge in [-0.25, -0.2) is 22.7 Å². The van der Waals surface area contributed by atoms with E-state index in [1.54, 1.807) is 10.5 Å². The molecule has 1 atom stereocenters. The molecular formula is C15H20N4O2S. The SMILES string of the molecule is Cc1nccn1-c1cccc([C@@H]2CCCN(S(C)(=O)=O)C2)n1. The fourth-order valence-corrected chi connectivity index (χ4v) is 3.82. The normalized spacial score (nSPS) is 20.2. The van der Waals surface area contributed by atoms with Gasteiger partial charge in [0.25, 0.3) is 0 Å². The molecule has 22 heavy (non-hydrogen) atoms. The van der Waals surface area contributed by atoms with Crippen LogP contribution in [-0.4, -0.2) is 46.6 Å². The Morgan fingerprint density at radius 1 is 1.32 bits per heavy atom. The molecule has 0 radical (unpaired) electrons. The summed E-state index contributed by atoms with van der Waals surface area (Å²) in [4.78, 5) is 8.93. The second-order valence-electron chi connectivity index (χ2n) is 5.73. The van der Waals surface area contributed by atoms with Gasteiger partial charge in [-0.2, -0.15) is 0 Å². The van der Waals surface area contributed by atoms with Crippen LogP contribution in [0.4, 0.5) is 0 Å². The van der Waals surface area contributed by atoms with Gasteiger partial charge in [0.1, 0.15) is 11.6 Å². The second-order valence-corrected chi connectivity index (χ2v) is 7.71. The van der Waals surface area contributed by atoms with Crippen molar-refractivity contribution in [2.75, 3.05) is 19.3 Å². The molecule has 0 unspecified atom stereocenters. The number of piperidine rings is 1. The molecule has 0 amide bonds. The molecular weight excluding hydrogens is 300 g/mol. The number of aryl methyl sites for hydroxylation is 1. The Morgan fingerprint density at radius 2 is 2.14 bits per heavy atom. The third kappa shape index (κ3) is 3.05. The van der Waals surface area contributed by atoms with E-state index in [0.29, 0.717) is 13.1 Å². The molecule has 1 fully saturated rings. The first kappa shape index (κ1) is 15.2. The number of hydrogen-bond donors (Lipinski definition) is 0.